The summed E-state index contributed by atoms with van der Waals surface area (Å²) in [5.74, 6) is 0.166. The van der Waals surface area contributed by atoms with Gasteiger partial charge in [-0.1, -0.05) is 23.8 Å². The van der Waals surface area contributed by atoms with E-state index in [0.717, 1.165) is 25.8 Å². The van der Waals surface area contributed by atoms with Crippen molar-refractivity contribution in [3.63, 3.8) is 0 Å². The van der Waals surface area contributed by atoms with Crippen molar-refractivity contribution in [2.45, 2.75) is 45.6 Å². The average molecular weight is 261 g/mol. The number of amides is 1. The molecule has 2 rings (SSSR count). The minimum absolute atomic E-state index is 0.166. The monoisotopic (exact) mass is 261 g/mol. The molecule has 0 spiro atoms. The van der Waals surface area contributed by atoms with Crippen molar-refractivity contribution < 1.29 is 9.90 Å². The highest BCUT2D eigenvalue weighted by molar-refractivity contribution is 5.76. The van der Waals surface area contributed by atoms with Crippen LogP contribution < -0.4 is 0 Å². The van der Waals surface area contributed by atoms with Gasteiger partial charge in [0.25, 0.3) is 0 Å². The summed E-state index contributed by atoms with van der Waals surface area (Å²) in [5, 5.41) is 9.60. The van der Waals surface area contributed by atoms with Crippen LogP contribution in [0.3, 0.4) is 0 Å². The Morgan fingerprint density at radius 1 is 1.42 bits per heavy atom. The Bertz CT molecular complexity index is 456. The first-order chi connectivity index (χ1) is 9.06. The second-order valence-electron chi connectivity index (χ2n) is 5.57. The third-order valence-corrected chi connectivity index (χ3v) is 3.86. The molecule has 19 heavy (non-hydrogen) atoms. The highest BCUT2D eigenvalue weighted by atomic mass is 16.3. The molecule has 1 aliphatic rings. The van der Waals surface area contributed by atoms with E-state index in [1.807, 2.05) is 0 Å². The number of aryl methyl sites for hydroxylation is 3. The van der Waals surface area contributed by atoms with Crippen LogP contribution in [-0.2, 0) is 11.2 Å². The van der Waals surface area contributed by atoms with Crippen LogP contribution >= 0.6 is 0 Å². The number of hydrogen-bond donors (Lipinski definition) is 1. The first kappa shape index (κ1) is 14.1. The lowest BCUT2D eigenvalue weighted by molar-refractivity contribution is -0.134. The summed E-state index contributed by atoms with van der Waals surface area (Å²) in [4.78, 5) is 13.9. The van der Waals surface area contributed by atoms with E-state index < -0.39 is 0 Å². The number of benzene rings is 1. The second kappa shape index (κ2) is 6.20. The minimum Gasteiger partial charge on any atom is -0.391 e. The maximum atomic E-state index is 12.1. The molecule has 3 heteroatoms. The molecule has 1 unspecified atom stereocenters. The fourth-order valence-electron chi connectivity index (χ4n) is 2.65. The van der Waals surface area contributed by atoms with Crippen molar-refractivity contribution in [1.29, 1.82) is 0 Å². The van der Waals surface area contributed by atoms with Gasteiger partial charge >= 0.3 is 0 Å². The summed E-state index contributed by atoms with van der Waals surface area (Å²) in [7, 11) is 0. The summed E-state index contributed by atoms with van der Waals surface area (Å²) >= 11 is 0. The molecule has 1 N–H and O–H groups in total. The largest absolute Gasteiger partial charge is 0.391 e. The number of carbonyl (C=O) groups excluding carboxylic acids is 1. The van der Waals surface area contributed by atoms with Crippen LogP contribution in [0.15, 0.2) is 18.2 Å². The van der Waals surface area contributed by atoms with E-state index >= 15 is 0 Å². The van der Waals surface area contributed by atoms with E-state index in [-0.39, 0.29) is 12.0 Å². The molecule has 0 radical (unpaired) electrons. The van der Waals surface area contributed by atoms with Crippen molar-refractivity contribution >= 4 is 5.91 Å². The summed E-state index contributed by atoms with van der Waals surface area (Å²) in [6.07, 6.45) is 2.73. The molecule has 1 aromatic rings. The fourth-order valence-corrected chi connectivity index (χ4v) is 2.65. The molecule has 1 aromatic carbocycles. The Kier molecular flexibility index (Phi) is 4.59. The molecule has 3 nitrogen and oxygen atoms in total. The van der Waals surface area contributed by atoms with E-state index in [1.165, 1.54) is 16.7 Å². The van der Waals surface area contributed by atoms with Crippen LogP contribution in [0.1, 0.15) is 36.0 Å². The maximum Gasteiger partial charge on any atom is 0.222 e. The lowest BCUT2D eigenvalue weighted by atomic mass is 10.0. The number of nitrogens with zero attached hydrogens (tertiary/aromatic N) is 1. The molecule has 0 bridgehead atoms. The van der Waals surface area contributed by atoms with Gasteiger partial charge in [0.05, 0.1) is 6.10 Å². The quantitative estimate of drug-likeness (QED) is 0.906. The molecular weight excluding hydrogens is 238 g/mol. The van der Waals surface area contributed by atoms with Crippen LogP contribution in [0.25, 0.3) is 0 Å². The predicted octanol–water partition coefficient (Wildman–Crippen LogP) is 2.22. The average Bonchev–Trinajstić information content (AvgIpc) is 2.39. The highest BCUT2D eigenvalue weighted by Gasteiger charge is 2.21. The van der Waals surface area contributed by atoms with E-state index in [4.69, 9.17) is 0 Å². The molecule has 104 valence electrons. The molecule has 1 aliphatic heterocycles. The Hall–Kier alpha value is -1.35. The SMILES string of the molecule is Cc1ccc(C)c(CCC(=O)N2CCCC(O)C2)c1. The van der Waals surface area contributed by atoms with Gasteiger partial charge in [-0.2, -0.15) is 0 Å². The van der Waals surface area contributed by atoms with Crippen LogP contribution in [-0.4, -0.2) is 35.1 Å². The Morgan fingerprint density at radius 3 is 2.95 bits per heavy atom. The number of rotatable bonds is 3. The maximum absolute atomic E-state index is 12.1. The zero-order chi connectivity index (χ0) is 13.8. The van der Waals surface area contributed by atoms with Gasteiger partial charge in [0, 0.05) is 19.5 Å². The third-order valence-electron chi connectivity index (χ3n) is 3.86. The fraction of sp³-hybridized carbons (Fsp3) is 0.562. The van der Waals surface area contributed by atoms with Crippen molar-refractivity contribution in [3.8, 4) is 0 Å². The van der Waals surface area contributed by atoms with Crippen molar-refractivity contribution in [2.75, 3.05) is 13.1 Å². The van der Waals surface area contributed by atoms with Crippen LogP contribution in [0.4, 0.5) is 0 Å². The van der Waals surface area contributed by atoms with Crippen molar-refractivity contribution in [2.24, 2.45) is 0 Å². The van der Waals surface area contributed by atoms with Crippen LogP contribution in [0.2, 0.25) is 0 Å². The topological polar surface area (TPSA) is 40.5 Å². The first-order valence-corrected chi connectivity index (χ1v) is 7.08. The van der Waals surface area contributed by atoms with Gasteiger partial charge in [0.1, 0.15) is 0 Å². The number of likely N-dealkylation sites (tertiary alicyclic amines) is 1. The van der Waals surface area contributed by atoms with E-state index in [9.17, 15) is 9.90 Å². The smallest absolute Gasteiger partial charge is 0.222 e. The highest BCUT2D eigenvalue weighted by Crippen LogP contribution is 2.15. The zero-order valence-corrected chi connectivity index (χ0v) is 11.9. The standard InChI is InChI=1S/C16H23NO2/c1-12-5-6-13(2)14(10-12)7-8-16(19)17-9-3-4-15(18)11-17/h5-6,10,15,18H,3-4,7-9,11H2,1-2H3. The summed E-state index contributed by atoms with van der Waals surface area (Å²) in [6, 6.07) is 6.37. The van der Waals surface area contributed by atoms with E-state index in [1.54, 1.807) is 4.90 Å². The molecule has 1 atom stereocenters. The van der Waals surface area contributed by atoms with Crippen LogP contribution in [0, 0.1) is 13.8 Å². The lowest BCUT2D eigenvalue weighted by Gasteiger charge is -2.30. The Labute approximate surface area is 115 Å². The molecule has 0 aromatic heterocycles. The molecular formula is C16H23NO2. The van der Waals surface area contributed by atoms with Gasteiger partial charge in [-0.15, -0.1) is 0 Å². The van der Waals surface area contributed by atoms with Crippen LogP contribution in [0.5, 0.6) is 0 Å². The van der Waals surface area contributed by atoms with Crippen molar-refractivity contribution in [1.82, 2.24) is 4.90 Å². The minimum atomic E-state index is -0.335. The summed E-state index contributed by atoms with van der Waals surface area (Å²) in [6.45, 7) is 5.46. The van der Waals surface area contributed by atoms with Gasteiger partial charge in [-0.05, 0) is 44.2 Å². The number of β-amino-alcohol motifs (C(OH)–C–C–N with tert-alkyl or cyclic N) is 1. The van der Waals surface area contributed by atoms with Gasteiger partial charge in [0.15, 0.2) is 0 Å². The summed E-state index contributed by atoms with van der Waals surface area (Å²) in [5.41, 5.74) is 3.74. The summed E-state index contributed by atoms with van der Waals surface area (Å²) < 4.78 is 0. The van der Waals surface area contributed by atoms with Gasteiger partial charge in [0.2, 0.25) is 5.91 Å². The number of aliphatic hydroxyl groups is 1. The Balaban J connectivity index is 1.91. The number of hydrogen-bond acceptors (Lipinski definition) is 2. The third kappa shape index (κ3) is 3.80. The second-order valence-corrected chi connectivity index (χ2v) is 5.57. The number of carbonyl (C=O) groups is 1. The molecule has 1 heterocycles. The zero-order valence-electron chi connectivity index (χ0n) is 11.9. The molecule has 1 amide bonds. The van der Waals surface area contributed by atoms with Gasteiger partial charge in [-0.25, -0.2) is 0 Å². The first-order valence-electron chi connectivity index (χ1n) is 7.08. The molecule has 0 aliphatic carbocycles. The molecule has 0 saturated carbocycles. The normalized spacial score (nSPS) is 19.5. The molecule has 1 fully saturated rings. The van der Waals surface area contributed by atoms with Gasteiger partial charge in [-0.3, -0.25) is 4.79 Å². The predicted molar refractivity (Wildman–Crippen MR) is 76.1 cm³/mol. The number of aliphatic hydroxyl groups excluding tert-OH is 1. The number of piperidine rings is 1. The van der Waals surface area contributed by atoms with E-state index in [0.29, 0.717) is 13.0 Å². The Morgan fingerprint density at radius 2 is 2.21 bits per heavy atom. The lowest BCUT2D eigenvalue weighted by Crippen LogP contribution is -2.42. The van der Waals surface area contributed by atoms with Crippen molar-refractivity contribution in [3.05, 3.63) is 34.9 Å². The van der Waals surface area contributed by atoms with E-state index in [2.05, 4.69) is 32.0 Å². The molecule has 1 saturated heterocycles. The van der Waals surface area contributed by atoms with Gasteiger partial charge < -0.3 is 10.0 Å².